The molecule has 6 rings (SSSR count). The monoisotopic (exact) mass is 768 g/mol. The summed E-state index contributed by atoms with van der Waals surface area (Å²) in [7, 11) is 5.89. The normalized spacial score (nSPS) is 14.6. The number of fused-ring (bicyclic) bond motifs is 1. The van der Waals surface area contributed by atoms with E-state index in [9.17, 15) is 24.6 Å². The first kappa shape index (κ1) is 39.3. The number of methoxy groups -OCH3 is 1. The van der Waals surface area contributed by atoms with Crippen LogP contribution in [0.4, 0.5) is 16.2 Å². The maximum Gasteiger partial charge on any atom is 0.411 e. The summed E-state index contributed by atoms with van der Waals surface area (Å²) in [5.74, 6) is 0.178. The lowest BCUT2D eigenvalue weighted by atomic mass is 9.98. The molecule has 2 heterocycles. The maximum absolute atomic E-state index is 13.2. The molecule has 1 fully saturated rings. The molecule has 13 heteroatoms. The van der Waals surface area contributed by atoms with Crippen LogP contribution >= 0.6 is 11.6 Å². The second kappa shape index (κ2) is 17.4. The summed E-state index contributed by atoms with van der Waals surface area (Å²) in [4.78, 5) is 40.5. The van der Waals surface area contributed by atoms with E-state index in [0.717, 1.165) is 47.1 Å². The Morgan fingerprint density at radius 2 is 1.73 bits per heavy atom. The van der Waals surface area contributed by atoms with Crippen molar-refractivity contribution in [1.82, 2.24) is 10.3 Å². The minimum absolute atomic E-state index is 0.0827. The van der Waals surface area contributed by atoms with E-state index in [1.807, 2.05) is 48.5 Å². The van der Waals surface area contributed by atoms with E-state index < -0.39 is 12.2 Å². The third-order valence-electron chi connectivity index (χ3n) is 10.00. The number of carbonyl (C=O) groups excluding carboxylic acids is 2. The van der Waals surface area contributed by atoms with Crippen LogP contribution in [0.2, 0.25) is 5.02 Å². The van der Waals surface area contributed by atoms with Gasteiger partial charge in [0.25, 0.3) is 0 Å². The van der Waals surface area contributed by atoms with Gasteiger partial charge in [0.15, 0.2) is 0 Å². The molecule has 0 saturated carbocycles. The number of H-pyrrole nitrogens is 1. The first-order chi connectivity index (χ1) is 26.4. The van der Waals surface area contributed by atoms with Crippen LogP contribution in [0.1, 0.15) is 42.1 Å². The predicted molar refractivity (Wildman–Crippen MR) is 215 cm³/mol. The molecule has 5 aromatic rings. The lowest BCUT2D eigenvalue weighted by Gasteiger charge is -2.36. The Bertz CT molecular complexity index is 2220. The second-order valence-electron chi connectivity index (χ2n) is 14.5. The van der Waals surface area contributed by atoms with Crippen LogP contribution in [0, 0.1) is 0 Å². The van der Waals surface area contributed by atoms with Gasteiger partial charge in [-0.2, -0.15) is 0 Å². The van der Waals surface area contributed by atoms with Gasteiger partial charge in [-0.05, 0) is 53.4 Å². The van der Waals surface area contributed by atoms with E-state index >= 15 is 0 Å². The number of aromatic nitrogens is 1. The number of aliphatic hydroxyl groups is 1. The molecule has 288 valence electrons. The van der Waals surface area contributed by atoms with Crippen molar-refractivity contribution in [3.8, 4) is 22.6 Å². The van der Waals surface area contributed by atoms with E-state index in [0.29, 0.717) is 51.6 Å². The summed E-state index contributed by atoms with van der Waals surface area (Å²) in [6.45, 7) is 2.37. The minimum atomic E-state index is -0.944. The lowest BCUT2D eigenvalue weighted by Crippen LogP contribution is -2.48. The number of amides is 2. The maximum atomic E-state index is 13.2. The zero-order valence-electron chi connectivity index (χ0n) is 31.2. The van der Waals surface area contributed by atoms with Crippen molar-refractivity contribution in [3.05, 3.63) is 117 Å². The minimum Gasteiger partial charge on any atom is -0.506 e. The highest BCUT2D eigenvalue weighted by Gasteiger charge is 2.28. The molecule has 1 atom stereocenters. The van der Waals surface area contributed by atoms with Gasteiger partial charge in [0, 0.05) is 61.0 Å². The summed E-state index contributed by atoms with van der Waals surface area (Å²) in [5, 5.41) is 31.0. The van der Waals surface area contributed by atoms with Crippen LogP contribution < -0.4 is 26.2 Å². The van der Waals surface area contributed by atoms with Crippen molar-refractivity contribution >= 4 is 45.9 Å². The van der Waals surface area contributed by atoms with Crippen molar-refractivity contribution in [2.24, 2.45) is 0 Å². The van der Waals surface area contributed by atoms with Crippen molar-refractivity contribution in [2.75, 3.05) is 51.5 Å². The third-order valence-corrected chi connectivity index (χ3v) is 10.3. The number of ether oxygens (including phenoxy) is 2. The Morgan fingerprint density at radius 3 is 2.47 bits per heavy atom. The molecule has 0 unspecified atom stereocenters. The molecule has 55 heavy (non-hydrogen) atoms. The molecule has 4 aromatic carbocycles. The molecule has 2 amide bonds. The Morgan fingerprint density at radius 1 is 0.964 bits per heavy atom. The summed E-state index contributed by atoms with van der Waals surface area (Å²) in [5.41, 5.74) is 4.87. The number of nitrogens with zero attached hydrogens (tertiary/aromatic N) is 1. The highest BCUT2D eigenvalue weighted by molar-refractivity contribution is 6.33. The molecular weight excluding hydrogens is 722 g/mol. The lowest BCUT2D eigenvalue weighted by molar-refractivity contribution is -0.896. The number of hydrogen-bond acceptors (Lipinski definition) is 8. The van der Waals surface area contributed by atoms with Crippen LogP contribution in [0.25, 0.3) is 22.0 Å². The number of nitrogens with one attached hydrogen (secondary N) is 4. The highest BCUT2D eigenvalue weighted by atomic mass is 35.5. The molecule has 0 bridgehead atoms. The first-order valence-electron chi connectivity index (χ1n) is 18.3. The van der Waals surface area contributed by atoms with Gasteiger partial charge < -0.3 is 39.8 Å². The number of phenolic OH excluding ortho intramolecular Hbond substituents is 1. The second-order valence-corrected chi connectivity index (χ2v) is 14.9. The Labute approximate surface area is 324 Å². The molecule has 12 nitrogen and oxygen atoms in total. The fourth-order valence-electron chi connectivity index (χ4n) is 6.86. The Hall–Kier alpha value is -5.40. The van der Waals surface area contributed by atoms with Crippen LogP contribution in [0.15, 0.2) is 89.7 Å². The third kappa shape index (κ3) is 10.0. The van der Waals surface area contributed by atoms with Gasteiger partial charge in [-0.3, -0.25) is 14.9 Å². The smallest absolute Gasteiger partial charge is 0.411 e. The standard InChI is InChI=1S/C42H46ClN5O7/c1-48(2)19-17-29(18-20-48)55-42(53)46-34-13-9-26(21-32(34)27-7-5-4-6-8-27)10-15-39(51)45-35-23-38(54-3)28(22-33(35)43)24-44-25-37(50)30-11-14-36(49)41-31(30)12-16-40(52)47-41/h4-9,11-14,16,21-23,29,37,44,50H,10,15,17-20,24-25H2,1-3H3,(H3-,45,46,47,49,51,52,53)/p+1/t37-/m0/s1. The van der Waals surface area contributed by atoms with Gasteiger partial charge in [-0.15, -0.1) is 0 Å². The Balaban J connectivity index is 1.06. The van der Waals surface area contributed by atoms with E-state index in [2.05, 4.69) is 35.0 Å². The number of hydrogen-bond donors (Lipinski definition) is 6. The van der Waals surface area contributed by atoms with Crippen LogP contribution in [0.3, 0.4) is 0 Å². The number of anilines is 2. The van der Waals surface area contributed by atoms with E-state index in [1.54, 1.807) is 24.3 Å². The van der Waals surface area contributed by atoms with Crippen molar-refractivity contribution < 1.29 is 33.8 Å². The largest absolute Gasteiger partial charge is 0.506 e. The predicted octanol–water partition coefficient (Wildman–Crippen LogP) is 6.74. The number of phenols is 1. The molecule has 6 N–H and O–H groups in total. The van der Waals surface area contributed by atoms with Gasteiger partial charge >= 0.3 is 6.09 Å². The summed E-state index contributed by atoms with van der Waals surface area (Å²) in [6.07, 6.45) is 0.738. The number of rotatable bonds is 13. The molecule has 1 aliphatic heterocycles. The average Bonchev–Trinajstić information content (AvgIpc) is 3.17. The van der Waals surface area contributed by atoms with E-state index in [4.69, 9.17) is 21.1 Å². The summed E-state index contributed by atoms with van der Waals surface area (Å²) in [6, 6.07) is 24.8. The van der Waals surface area contributed by atoms with Gasteiger partial charge in [-0.1, -0.05) is 54.1 Å². The number of pyridine rings is 1. The molecule has 0 aliphatic carbocycles. The Kier molecular flexibility index (Phi) is 12.4. The van der Waals surface area contributed by atoms with Crippen LogP contribution in [-0.4, -0.2) is 78.6 Å². The molecule has 0 spiro atoms. The molecule has 1 aliphatic rings. The highest BCUT2D eigenvalue weighted by Crippen LogP contribution is 2.33. The molecule has 1 aromatic heterocycles. The van der Waals surface area contributed by atoms with Gasteiger partial charge in [-0.25, -0.2) is 4.79 Å². The number of likely N-dealkylation sites (tertiary alicyclic amines) is 1. The van der Waals surface area contributed by atoms with Gasteiger partial charge in [0.2, 0.25) is 11.5 Å². The number of piperidine rings is 1. The number of aromatic amines is 1. The fraction of sp³-hybridized carbons (Fsp3) is 0.310. The van der Waals surface area contributed by atoms with Crippen molar-refractivity contribution in [2.45, 2.75) is 44.4 Å². The van der Waals surface area contributed by atoms with Crippen LogP contribution in [-0.2, 0) is 22.5 Å². The molecule has 0 radical (unpaired) electrons. The number of quaternary nitrogens is 1. The number of aryl methyl sites for hydroxylation is 1. The van der Waals surface area contributed by atoms with Gasteiger partial charge in [0.05, 0.1) is 62.3 Å². The van der Waals surface area contributed by atoms with Gasteiger partial charge in [0.1, 0.15) is 17.6 Å². The number of carbonyl (C=O) groups is 2. The topological polar surface area (TPSA) is 162 Å². The average molecular weight is 769 g/mol. The van der Waals surface area contributed by atoms with Crippen LogP contribution in [0.5, 0.6) is 11.5 Å². The summed E-state index contributed by atoms with van der Waals surface area (Å²) < 4.78 is 12.3. The zero-order chi connectivity index (χ0) is 39.1. The molecular formula is C42H47ClN5O7+. The zero-order valence-corrected chi connectivity index (χ0v) is 31.9. The fourth-order valence-corrected chi connectivity index (χ4v) is 7.09. The van der Waals surface area contributed by atoms with E-state index in [-0.39, 0.29) is 41.8 Å². The van der Waals surface area contributed by atoms with E-state index in [1.165, 1.54) is 19.2 Å². The van der Waals surface area contributed by atoms with Crippen molar-refractivity contribution in [1.29, 1.82) is 0 Å². The number of benzene rings is 4. The molecule has 1 saturated heterocycles. The van der Waals surface area contributed by atoms with Crippen molar-refractivity contribution in [3.63, 3.8) is 0 Å². The number of aromatic hydroxyl groups is 1. The SMILES string of the molecule is COc1cc(NC(=O)CCc2ccc(NC(=O)OC3CC[N+](C)(C)CC3)c(-c3ccccc3)c2)c(Cl)cc1CNC[C@H](O)c1ccc(O)c2[nH]c(=O)ccc12. The first-order valence-corrected chi connectivity index (χ1v) is 18.6. The number of halogens is 1. The number of aliphatic hydroxyl groups excluding tert-OH is 1. The quantitative estimate of drug-likeness (QED) is 0.0718. The summed E-state index contributed by atoms with van der Waals surface area (Å²) >= 11 is 6.63.